The lowest BCUT2D eigenvalue weighted by molar-refractivity contribution is -0.116. The zero-order valence-electron chi connectivity index (χ0n) is 16.6. The molecule has 0 saturated heterocycles. The average Bonchev–Trinajstić information content (AvgIpc) is 3.38. The molecule has 150 valence electrons. The number of thiazole rings is 1. The van der Waals surface area contributed by atoms with Gasteiger partial charge in [-0.3, -0.25) is 9.69 Å². The van der Waals surface area contributed by atoms with Crippen molar-refractivity contribution in [3.63, 3.8) is 0 Å². The lowest BCUT2D eigenvalue weighted by Gasteiger charge is -2.28. The number of fused-ring (bicyclic) bond motifs is 1. The van der Waals surface area contributed by atoms with Crippen LogP contribution in [0.25, 0.3) is 0 Å². The van der Waals surface area contributed by atoms with Crippen LogP contribution in [0.1, 0.15) is 55.3 Å². The minimum atomic E-state index is 0.105. The summed E-state index contributed by atoms with van der Waals surface area (Å²) in [5.74, 6) is 1.79. The van der Waals surface area contributed by atoms with Gasteiger partial charge in [-0.1, -0.05) is 31.7 Å². The monoisotopic (exact) mass is 399 g/mol. The van der Waals surface area contributed by atoms with Gasteiger partial charge in [-0.15, -0.1) is 11.3 Å². The maximum Gasteiger partial charge on any atom is 0.226 e. The molecule has 1 aromatic carbocycles. The summed E-state index contributed by atoms with van der Waals surface area (Å²) < 4.78 is 5.33. The van der Waals surface area contributed by atoms with Gasteiger partial charge in [0.15, 0.2) is 5.13 Å². The predicted octanol–water partition coefficient (Wildman–Crippen LogP) is 4.62. The Morgan fingerprint density at radius 3 is 3.00 bits per heavy atom. The number of aromatic nitrogens is 1. The highest BCUT2D eigenvalue weighted by Gasteiger charge is 2.19. The molecule has 0 spiro atoms. The molecule has 0 bridgehead atoms. The first kappa shape index (κ1) is 19.4. The van der Waals surface area contributed by atoms with E-state index < -0.39 is 0 Å². The zero-order valence-corrected chi connectivity index (χ0v) is 17.4. The normalized spacial score (nSPS) is 17.5. The number of carbonyl (C=O) groups is 1. The molecular formula is C22H29N3O2S. The summed E-state index contributed by atoms with van der Waals surface area (Å²) in [5, 5.41) is 5.78. The highest BCUT2D eigenvalue weighted by Crippen LogP contribution is 2.29. The third-order valence-corrected chi connectivity index (χ3v) is 6.75. The van der Waals surface area contributed by atoms with Gasteiger partial charge in [0, 0.05) is 31.4 Å². The molecule has 1 N–H and O–H groups in total. The van der Waals surface area contributed by atoms with Gasteiger partial charge in [-0.2, -0.15) is 0 Å². The summed E-state index contributed by atoms with van der Waals surface area (Å²) in [5.41, 5.74) is 3.78. The van der Waals surface area contributed by atoms with Crippen molar-refractivity contribution >= 4 is 22.4 Å². The number of benzene rings is 1. The van der Waals surface area contributed by atoms with Gasteiger partial charge in [0.1, 0.15) is 5.75 Å². The van der Waals surface area contributed by atoms with Gasteiger partial charge in [0.05, 0.1) is 12.8 Å². The Balaban J connectivity index is 1.27. The fourth-order valence-electron chi connectivity index (χ4n) is 4.33. The molecule has 1 saturated carbocycles. The first-order valence-electron chi connectivity index (χ1n) is 10.3. The van der Waals surface area contributed by atoms with Crippen molar-refractivity contribution in [2.45, 2.75) is 58.0 Å². The smallest absolute Gasteiger partial charge is 0.226 e. The van der Waals surface area contributed by atoms with Crippen LogP contribution in [0.15, 0.2) is 23.6 Å². The Kier molecular flexibility index (Phi) is 6.27. The van der Waals surface area contributed by atoms with Gasteiger partial charge < -0.3 is 10.1 Å². The number of amides is 1. The van der Waals surface area contributed by atoms with Crippen LogP contribution < -0.4 is 10.1 Å². The number of hydrogen-bond donors (Lipinski definition) is 1. The minimum Gasteiger partial charge on any atom is -0.497 e. The van der Waals surface area contributed by atoms with E-state index in [0.717, 1.165) is 55.0 Å². The Labute approximate surface area is 171 Å². The molecule has 0 unspecified atom stereocenters. The molecule has 2 heterocycles. The lowest BCUT2D eigenvalue weighted by Crippen LogP contribution is -2.30. The van der Waals surface area contributed by atoms with Crippen molar-refractivity contribution in [1.82, 2.24) is 9.88 Å². The summed E-state index contributed by atoms with van der Waals surface area (Å²) in [4.78, 5) is 19.2. The van der Waals surface area contributed by atoms with Crippen LogP contribution in [-0.4, -0.2) is 29.4 Å². The van der Waals surface area contributed by atoms with E-state index in [-0.39, 0.29) is 5.91 Å². The summed E-state index contributed by atoms with van der Waals surface area (Å²) in [6, 6.07) is 6.34. The van der Waals surface area contributed by atoms with Crippen LogP contribution in [0, 0.1) is 5.92 Å². The maximum absolute atomic E-state index is 12.2. The topological polar surface area (TPSA) is 54.5 Å². The second kappa shape index (κ2) is 9.05. The van der Waals surface area contributed by atoms with Crippen molar-refractivity contribution in [3.05, 3.63) is 40.4 Å². The fourth-order valence-corrected chi connectivity index (χ4v) is 5.05. The first-order valence-corrected chi connectivity index (χ1v) is 11.2. The largest absolute Gasteiger partial charge is 0.497 e. The van der Waals surface area contributed by atoms with Crippen LogP contribution in [0.3, 0.4) is 0 Å². The van der Waals surface area contributed by atoms with Gasteiger partial charge in [0.25, 0.3) is 0 Å². The maximum atomic E-state index is 12.2. The van der Waals surface area contributed by atoms with E-state index in [1.54, 1.807) is 7.11 Å². The van der Waals surface area contributed by atoms with E-state index in [1.807, 2.05) is 6.07 Å². The summed E-state index contributed by atoms with van der Waals surface area (Å²) in [6.45, 7) is 2.76. The van der Waals surface area contributed by atoms with E-state index in [0.29, 0.717) is 6.42 Å². The molecule has 1 aliphatic carbocycles. The van der Waals surface area contributed by atoms with Crippen molar-refractivity contribution in [1.29, 1.82) is 0 Å². The Morgan fingerprint density at radius 2 is 2.18 bits per heavy atom. The standard InChI is InChI=1S/C22H29N3O2S/c1-27-20-8-7-18-13-25(11-10-17(18)12-20)14-19-15-28-22(23-19)24-21(26)9-6-16-4-2-3-5-16/h7-8,12,15-16H,2-6,9-11,13-14H2,1H3,(H,23,24,26). The molecule has 5 nitrogen and oxygen atoms in total. The SMILES string of the molecule is COc1ccc2c(c1)CCN(Cc1csc(NC(=O)CCC3CCCC3)n1)C2. The molecule has 1 amide bonds. The molecule has 2 aromatic rings. The molecule has 1 aliphatic heterocycles. The fraction of sp³-hybridized carbons (Fsp3) is 0.545. The van der Waals surface area contributed by atoms with Crippen LogP contribution in [-0.2, 0) is 24.3 Å². The number of methoxy groups -OCH3 is 1. The van der Waals surface area contributed by atoms with Gasteiger partial charge in [-0.05, 0) is 42.0 Å². The highest BCUT2D eigenvalue weighted by molar-refractivity contribution is 7.13. The molecule has 28 heavy (non-hydrogen) atoms. The van der Waals surface area contributed by atoms with Crippen molar-refractivity contribution < 1.29 is 9.53 Å². The summed E-state index contributed by atoms with van der Waals surface area (Å²) in [7, 11) is 1.71. The zero-order chi connectivity index (χ0) is 19.3. The molecule has 0 atom stereocenters. The van der Waals surface area contributed by atoms with Crippen LogP contribution in [0.4, 0.5) is 5.13 Å². The van der Waals surface area contributed by atoms with Crippen molar-refractivity contribution in [2.75, 3.05) is 19.0 Å². The number of carbonyl (C=O) groups excluding carboxylic acids is 1. The van der Waals surface area contributed by atoms with Crippen LogP contribution in [0.2, 0.25) is 0 Å². The van der Waals surface area contributed by atoms with Crippen molar-refractivity contribution in [3.8, 4) is 5.75 Å². The van der Waals surface area contributed by atoms with Crippen LogP contribution >= 0.6 is 11.3 Å². The molecule has 1 fully saturated rings. The second-order valence-corrected chi connectivity index (χ2v) is 8.83. The van der Waals surface area contributed by atoms with E-state index in [9.17, 15) is 4.79 Å². The van der Waals surface area contributed by atoms with Gasteiger partial charge >= 0.3 is 0 Å². The minimum absolute atomic E-state index is 0.105. The average molecular weight is 400 g/mol. The molecule has 0 radical (unpaired) electrons. The number of hydrogen-bond acceptors (Lipinski definition) is 5. The number of rotatable bonds is 7. The van der Waals surface area contributed by atoms with E-state index >= 15 is 0 Å². The number of nitrogens with one attached hydrogen (secondary N) is 1. The number of anilines is 1. The van der Waals surface area contributed by atoms with Gasteiger partial charge in [0.2, 0.25) is 5.91 Å². The first-order chi connectivity index (χ1) is 13.7. The summed E-state index contributed by atoms with van der Waals surface area (Å²) >= 11 is 1.53. The van der Waals surface area contributed by atoms with E-state index in [4.69, 9.17) is 4.74 Å². The Morgan fingerprint density at radius 1 is 1.32 bits per heavy atom. The third kappa shape index (κ3) is 4.92. The molecular weight excluding hydrogens is 370 g/mol. The quantitative estimate of drug-likeness (QED) is 0.738. The summed E-state index contributed by atoms with van der Waals surface area (Å²) in [6.07, 6.45) is 7.91. The number of nitrogens with zero attached hydrogens (tertiary/aromatic N) is 2. The third-order valence-electron chi connectivity index (χ3n) is 5.94. The van der Waals surface area contributed by atoms with Crippen molar-refractivity contribution in [2.24, 2.45) is 5.92 Å². The molecule has 4 rings (SSSR count). The Hall–Kier alpha value is -1.92. The number of ether oxygens (including phenoxy) is 1. The molecule has 2 aliphatic rings. The molecule has 6 heteroatoms. The predicted molar refractivity (Wildman–Crippen MR) is 113 cm³/mol. The van der Waals surface area contributed by atoms with E-state index in [2.05, 4.69) is 32.7 Å². The highest BCUT2D eigenvalue weighted by atomic mass is 32.1. The Bertz CT molecular complexity index is 814. The lowest BCUT2D eigenvalue weighted by atomic mass is 9.99. The van der Waals surface area contributed by atoms with Gasteiger partial charge in [-0.25, -0.2) is 4.98 Å². The second-order valence-electron chi connectivity index (χ2n) is 7.98. The molecule has 1 aromatic heterocycles. The van der Waals surface area contributed by atoms with Crippen LogP contribution in [0.5, 0.6) is 5.75 Å². The van der Waals surface area contributed by atoms with E-state index in [1.165, 1.54) is 48.1 Å².